The first kappa shape index (κ1) is 15.2. The van der Waals surface area contributed by atoms with Gasteiger partial charge in [0.15, 0.2) is 0 Å². The molecule has 6 nitrogen and oxygen atoms in total. The number of aliphatic hydroxyl groups excluding tert-OH is 1. The lowest BCUT2D eigenvalue weighted by Gasteiger charge is -2.28. The fraction of sp³-hybridized carbons (Fsp3) is 0.538. The minimum absolute atomic E-state index is 0.0751. The monoisotopic (exact) mass is 343 g/mol. The minimum atomic E-state index is -0.446. The maximum Gasteiger partial charge on any atom is 0.292 e. The van der Waals surface area contributed by atoms with Gasteiger partial charge in [-0.25, -0.2) is 0 Å². The van der Waals surface area contributed by atoms with Crippen LogP contribution in [0.5, 0.6) is 0 Å². The highest BCUT2D eigenvalue weighted by atomic mass is 79.9. The fourth-order valence-corrected chi connectivity index (χ4v) is 3.01. The number of nitro groups is 1. The van der Waals surface area contributed by atoms with Gasteiger partial charge in [-0.2, -0.15) is 0 Å². The molecule has 1 fully saturated rings. The molecule has 110 valence electrons. The van der Waals surface area contributed by atoms with E-state index in [1.54, 1.807) is 12.1 Å². The van der Waals surface area contributed by atoms with Gasteiger partial charge in [0.2, 0.25) is 0 Å². The van der Waals surface area contributed by atoms with Crippen LogP contribution in [0.15, 0.2) is 22.7 Å². The fourth-order valence-electron chi connectivity index (χ4n) is 2.66. The zero-order valence-electron chi connectivity index (χ0n) is 11.5. The first-order valence-corrected chi connectivity index (χ1v) is 7.21. The lowest BCUT2D eigenvalue weighted by Crippen LogP contribution is -2.37. The Balaban J connectivity index is 2.37. The number of β-amino-alcohol motifs (C(OH)–C–C–N with tert-alkyl or cyclic N) is 1. The van der Waals surface area contributed by atoms with E-state index in [-0.39, 0.29) is 16.7 Å². The predicted octanol–water partition coefficient (Wildman–Crippen LogP) is 1.86. The third-order valence-corrected chi connectivity index (χ3v) is 3.91. The van der Waals surface area contributed by atoms with Gasteiger partial charge in [-0.05, 0) is 32.6 Å². The Bertz CT molecular complexity index is 510. The average molecular weight is 344 g/mol. The molecule has 1 aliphatic heterocycles. The number of anilines is 1. The second-order valence-electron chi connectivity index (χ2n) is 5.35. The standard InChI is InChI=1S/C13H18BrN3O3/c1-15(2)7-10-6-11(18)8-16(10)13-5-9(14)3-4-12(13)17(19)20/h3-5,10-11,18H,6-8H2,1-2H3. The van der Waals surface area contributed by atoms with Gasteiger partial charge in [0.25, 0.3) is 5.69 Å². The third kappa shape index (κ3) is 3.28. The lowest BCUT2D eigenvalue weighted by molar-refractivity contribution is -0.384. The predicted molar refractivity (Wildman–Crippen MR) is 81.1 cm³/mol. The maximum atomic E-state index is 11.2. The van der Waals surface area contributed by atoms with Gasteiger partial charge in [-0.3, -0.25) is 10.1 Å². The number of rotatable bonds is 4. The van der Waals surface area contributed by atoms with Crippen molar-refractivity contribution in [3.63, 3.8) is 0 Å². The van der Waals surface area contributed by atoms with Crippen LogP contribution >= 0.6 is 15.9 Å². The molecule has 0 aliphatic carbocycles. The van der Waals surface area contributed by atoms with Gasteiger partial charge in [0, 0.05) is 29.7 Å². The van der Waals surface area contributed by atoms with E-state index < -0.39 is 6.10 Å². The normalized spacial score (nSPS) is 22.6. The number of aliphatic hydroxyl groups is 1. The van der Waals surface area contributed by atoms with Crippen LogP contribution in [0, 0.1) is 10.1 Å². The number of likely N-dealkylation sites (N-methyl/N-ethyl adjacent to an activating group) is 1. The average Bonchev–Trinajstić information content (AvgIpc) is 2.68. The molecule has 0 saturated carbocycles. The molecule has 1 N–H and O–H groups in total. The van der Waals surface area contributed by atoms with Gasteiger partial charge in [-0.15, -0.1) is 0 Å². The van der Waals surface area contributed by atoms with Gasteiger partial charge >= 0.3 is 0 Å². The molecular weight excluding hydrogens is 326 g/mol. The largest absolute Gasteiger partial charge is 0.391 e. The molecular formula is C13H18BrN3O3. The lowest BCUT2D eigenvalue weighted by atomic mass is 10.1. The quantitative estimate of drug-likeness (QED) is 0.667. The van der Waals surface area contributed by atoms with E-state index in [9.17, 15) is 15.2 Å². The molecule has 2 unspecified atom stereocenters. The Kier molecular flexibility index (Phi) is 4.62. The second-order valence-corrected chi connectivity index (χ2v) is 6.26. The van der Waals surface area contributed by atoms with Crippen molar-refractivity contribution in [2.75, 3.05) is 32.1 Å². The molecule has 20 heavy (non-hydrogen) atoms. The van der Waals surface area contributed by atoms with E-state index in [0.717, 1.165) is 11.0 Å². The SMILES string of the molecule is CN(C)CC1CC(O)CN1c1cc(Br)ccc1[N+](=O)[O-]. The minimum Gasteiger partial charge on any atom is -0.391 e. The van der Waals surface area contributed by atoms with Crippen molar-refractivity contribution in [3.05, 3.63) is 32.8 Å². The second kappa shape index (κ2) is 6.07. The van der Waals surface area contributed by atoms with Crippen LogP contribution in [-0.2, 0) is 0 Å². The zero-order valence-corrected chi connectivity index (χ0v) is 13.1. The molecule has 1 aromatic rings. The van der Waals surface area contributed by atoms with Gasteiger partial charge in [0.05, 0.1) is 11.0 Å². The number of nitrogens with zero attached hydrogens (tertiary/aromatic N) is 3. The van der Waals surface area contributed by atoms with E-state index in [0.29, 0.717) is 18.7 Å². The first-order chi connectivity index (χ1) is 9.38. The van der Waals surface area contributed by atoms with Crippen molar-refractivity contribution in [2.45, 2.75) is 18.6 Å². The molecule has 2 atom stereocenters. The van der Waals surface area contributed by atoms with Gasteiger partial charge in [0.1, 0.15) is 5.69 Å². The van der Waals surface area contributed by atoms with Crippen LogP contribution < -0.4 is 4.90 Å². The first-order valence-electron chi connectivity index (χ1n) is 6.42. The van der Waals surface area contributed by atoms with Crippen LogP contribution in [0.4, 0.5) is 11.4 Å². The van der Waals surface area contributed by atoms with Crippen LogP contribution in [0.1, 0.15) is 6.42 Å². The molecule has 0 radical (unpaired) electrons. The Labute approximate surface area is 126 Å². The number of hydrogen-bond acceptors (Lipinski definition) is 5. The molecule has 2 rings (SSSR count). The van der Waals surface area contributed by atoms with Crippen molar-refractivity contribution in [2.24, 2.45) is 0 Å². The Hall–Kier alpha value is -1.18. The zero-order chi connectivity index (χ0) is 14.9. The summed E-state index contributed by atoms with van der Waals surface area (Å²) < 4.78 is 0.795. The van der Waals surface area contributed by atoms with Crippen molar-refractivity contribution in [1.82, 2.24) is 4.90 Å². The molecule has 0 spiro atoms. The highest BCUT2D eigenvalue weighted by Crippen LogP contribution is 2.35. The van der Waals surface area contributed by atoms with Crippen molar-refractivity contribution < 1.29 is 10.0 Å². The van der Waals surface area contributed by atoms with E-state index in [4.69, 9.17) is 0 Å². The molecule has 1 aliphatic rings. The number of nitro benzene ring substituents is 1. The van der Waals surface area contributed by atoms with Crippen molar-refractivity contribution >= 4 is 27.3 Å². The topological polar surface area (TPSA) is 69.8 Å². The molecule has 1 aromatic carbocycles. The molecule has 0 amide bonds. The summed E-state index contributed by atoms with van der Waals surface area (Å²) in [6.45, 7) is 1.18. The van der Waals surface area contributed by atoms with Gasteiger partial charge < -0.3 is 14.9 Å². The summed E-state index contributed by atoms with van der Waals surface area (Å²) in [6, 6.07) is 4.98. The highest BCUT2D eigenvalue weighted by molar-refractivity contribution is 9.10. The molecule has 0 bridgehead atoms. The smallest absolute Gasteiger partial charge is 0.292 e. The van der Waals surface area contributed by atoms with Crippen LogP contribution in [0.2, 0.25) is 0 Å². The summed E-state index contributed by atoms with van der Waals surface area (Å²) in [5.74, 6) is 0. The Morgan fingerprint density at radius 3 is 2.85 bits per heavy atom. The van der Waals surface area contributed by atoms with E-state index in [2.05, 4.69) is 15.9 Å². The van der Waals surface area contributed by atoms with Crippen LogP contribution in [0.25, 0.3) is 0 Å². The number of halogens is 1. The van der Waals surface area contributed by atoms with Crippen LogP contribution in [-0.4, -0.2) is 54.3 Å². The summed E-state index contributed by atoms with van der Waals surface area (Å²) in [5, 5.41) is 21.1. The Morgan fingerprint density at radius 2 is 2.25 bits per heavy atom. The van der Waals surface area contributed by atoms with Gasteiger partial charge in [-0.1, -0.05) is 15.9 Å². The Morgan fingerprint density at radius 1 is 1.55 bits per heavy atom. The molecule has 0 aromatic heterocycles. The summed E-state index contributed by atoms with van der Waals surface area (Å²) >= 11 is 3.36. The van der Waals surface area contributed by atoms with E-state index in [1.807, 2.05) is 23.9 Å². The molecule has 7 heteroatoms. The maximum absolute atomic E-state index is 11.2. The highest BCUT2D eigenvalue weighted by Gasteiger charge is 2.34. The summed E-state index contributed by atoms with van der Waals surface area (Å²) in [4.78, 5) is 14.8. The molecule has 1 heterocycles. The van der Waals surface area contributed by atoms with E-state index in [1.165, 1.54) is 6.07 Å². The van der Waals surface area contributed by atoms with Crippen LogP contribution in [0.3, 0.4) is 0 Å². The summed E-state index contributed by atoms with van der Waals surface area (Å²) in [5.41, 5.74) is 0.638. The summed E-state index contributed by atoms with van der Waals surface area (Å²) in [6.07, 6.45) is 0.181. The summed E-state index contributed by atoms with van der Waals surface area (Å²) in [7, 11) is 3.91. The van der Waals surface area contributed by atoms with E-state index >= 15 is 0 Å². The number of benzene rings is 1. The third-order valence-electron chi connectivity index (χ3n) is 3.41. The molecule has 1 saturated heterocycles. The van der Waals surface area contributed by atoms with Crippen molar-refractivity contribution in [3.8, 4) is 0 Å². The number of hydrogen-bond donors (Lipinski definition) is 1. The van der Waals surface area contributed by atoms with Crippen molar-refractivity contribution in [1.29, 1.82) is 0 Å².